The van der Waals surface area contributed by atoms with Gasteiger partial charge in [-0.2, -0.15) is 0 Å². The van der Waals surface area contributed by atoms with Crippen LogP contribution in [-0.2, 0) is 0 Å². The Morgan fingerprint density at radius 1 is 0.526 bits per heavy atom. The summed E-state index contributed by atoms with van der Waals surface area (Å²) < 4.78 is 0. The summed E-state index contributed by atoms with van der Waals surface area (Å²) in [7, 11) is 0. The number of fused-ring (bicyclic) bond motifs is 2. The number of rotatable bonds is 2. The Labute approximate surface area is 229 Å². The molecule has 0 saturated carbocycles. The molecule has 5 rings (SSSR count). The van der Waals surface area contributed by atoms with E-state index in [-0.39, 0.29) is 12.3 Å². The number of nitrogens with one attached hydrogen (secondary N) is 8. The van der Waals surface area contributed by atoms with Crippen molar-refractivity contribution in [2.24, 2.45) is 0 Å². The zero-order valence-electron chi connectivity index (χ0n) is 23.1. The van der Waals surface area contributed by atoms with Gasteiger partial charge in [-0.05, 0) is 51.2 Å². The molecule has 4 fully saturated rings. The normalized spacial score (nSPS) is 32.4. The molecule has 0 aliphatic carbocycles. The van der Waals surface area contributed by atoms with Gasteiger partial charge in [-0.15, -0.1) is 0 Å². The Bertz CT molecular complexity index is 750. The first kappa shape index (κ1) is 28.3. The summed E-state index contributed by atoms with van der Waals surface area (Å²) in [4.78, 5) is 10.5. The largest absolute Gasteiger partial charge is 0.315 e. The highest BCUT2D eigenvalue weighted by Gasteiger charge is 2.37. The molecule has 4 aliphatic rings. The maximum absolute atomic E-state index is 5.30. The van der Waals surface area contributed by atoms with Crippen molar-refractivity contribution in [1.82, 2.24) is 57.3 Å². The first-order chi connectivity index (χ1) is 18.9. The van der Waals surface area contributed by atoms with Crippen LogP contribution in [0.2, 0.25) is 0 Å². The second kappa shape index (κ2) is 15.5. The molecule has 0 spiro atoms. The second-order valence-corrected chi connectivity index (χ2v) is 11.0. The second-order valence-electron chi connectivity index (χ2n) is 11.0. The molecule has 11 heteroatoms. The molecule has 5 heterocycles. The molecular formula is C27H51N11. The number of aromatic nitrogens is 1. The highest BCUT2D eigenvalue weighted by atomic mass is 15.4. The molecular weight excluding hydrogens is 478 g/mol. The summed E-state index contributed by atoms with van der Waals surface area (Å²) in [5.41, 5.74) is 2.27. The number of nitrogens with zero attached hydrogens (tertiary/aromatic N) is 3. The van der Waals surface area contributed by atoms with Gasteiger partial charge in [0, 0.05) is 90.6 Å². The highest BCUT2D eigenvalue weighted by molar-refractivity contribution is 5.19. The lowest BCUT2D eigenvalue weighted by Crippen LogP contribution is -2.44. The first-order valence-electron chi connectivity index (χ1n) is 15.1. The van der Waals surface area contributed by atoms with Crippen molar-refractivity contribution < 1.29 is 0 Å². The van der Waals surface area contributed by atoms with Crippen molar-refractivity contribution in [2.75, 3.05) is 105 Å². The molecule has 0 bridgehead atoms. The van der Waals surface area contributed by atoms with E-state index >= 15 is 0 Å². The quantitative estimate of drug-likeness (QED) is 0.217. The molecule has 0 unspecified atom stereocenters. The topological polar surface area (TPSA) is 116 Å². The maximum Gasteiger partial charge on any atom is 0.104 e. The van der Waals surface area contributed by atoms with E-state index in [0.29, 0.717) is 12.1 Å². The standard InChI is InChI=1S/C27H51N11/c1-4-24(26-34-20-22-18-32-12-10-28-6-2-8-30-14-16-37(22)26)36-25(5-1)27-35-21-23-19-33-13-11-29-7-3-9-31-15-17-38(23)27/h1,4-5,22-23,26-35H,2-3,6-21H2/t22-,23-,26+,27+/m0/s1. The molecule has 38 heavy (non-hydrogen) atoms. The predicted octanol–water partition coefficient (Wildman–Crippen LogP) is -2.03. The van der Waals surface area contributed by atoms with Crippen LogP contribution in [0.1, 0.15) is 36.6 Å². The third-order valence-corrected chi connectivity index (χ3v) is 8.27. The van der Waals surface area contributed by atoms with Crippen molar-refractivity contribution in [3.63, 3.8) is 0 Å². The van der Waals surface area contributed by atoms with Gasteiger partial charge in [-0.1, -0.05) is 6.07 Å². The van der Waals surface area contributed by atoms with Crippen molar-refractivity contribution in [1.29, 1.82) is 0 Å². The molecule has 4 aliphatic heterocycles. The van der Waals surface area contributed by atoms with Crippen LogP contribution in [0.5, 0.6) is 0 Å². The summed E-state index contributed by atoms with van der Waals surface area (Å²) in [5, 5.41) is 29.3. The van der Waals surface area contributed by atoms with Gasteiger partial charge in [0.05, 0.1) is 11.4 Å². The van der Waals surface area contributed by atoms with Gasteiger partial charge in [-0.25, -0.2) is 0 Å². The minimum absolute atomic E-state index is 0.148. The van der Waals surface area contributed by atoms with Crippen LogP contribution in [0.4, 0.5) is 0 Å². The summed E-state index contributed by atoms with van der Waals surface area (Å²) in [6.07, 6.45) is 2.63. The molecule has 1 aromatic heterocycles. The smallest absolute Gasteiger partial charge is 0.104 e. The lowest BCUT2D eigenvalue weighted by molar-refractivity contribution is 0.177. The van der Waals surface area contributed by atoms with E-state index < -0.39 is 0 Å². The fourth-order valence-electron chi connectivity index (χ4n) is 6.19. The number of hydrogen-bond donors (Lipinski definition) is 8. The molecule has 4 saturated heterocycles. The lowest BCUT2D eigenvalue weighted by Gasteiger charge is -2.31. The lowest BCUT2D eigenvalue weighted by atomic mass is 10.2. The zero-order valence-corrected chi connectivity index (χ0v) is 23.1. The molecule has 0 amide bonds. The molecule has 214 valence electrons. The van der Waals surface area contributed by atoms with E-state index in [1.54, 1.807) is 0 Å². The molecule has 0 radical (unpaired) electrons. The minimum Gasteiger partial charge on any atom is -0.315 e. The van der Waals surface area contributed by atoms with Crippen LogP contribution in [-0.4, -0.2) is 132 Å². The average Bonchev–Trinajstić information content (AvgIpc) is 3.54. The van der Waals surface area contributed by atoms with Crippen molar-refractivity contribution >= 4 is 0 Å². The van der Waals surface area contributed by atoms with Crippen LogP contribution in [0.25, 0.3) is 0 Å². The summed E-state index contributed by atoms with van der Waals surface area (Å²) >= 11 is 0. The van der Waals surface area contributed by atoms with Gasteiger partial charge in [0.1, 0.15) is 12.3 Å². The Morgan fingerprint density at radius 3 is 1.47 bits per heavy atom. The van der Waals surface area contributed by atoms with Gasteiger partial charge >= 0.3 is 0 Å². The summed E-state index contributed by atoms with van der Waals surface area (Å²) in [5.74, 6) is 0. The van der Waals surface area contributed by atoms with E-state index in [0.717, 1.165) is 116 Å². The predicted molar refractivity (Wildman–Crippen MR) is 153 cm³/mol. The van der Waals surface area contributed by atoms with E-state index in [1.165, 1.54) is 12.8 Å². The minimum atomic E-state index is 0.148. The van der Waals surface area contributed by atoms with Crippen LogP contribution in [0.15, 0.2) is 18.2 Å². The van der Waals surface area contributed by atoms with Crippen molar-refractivity contribution in [2.45, 2.75) is 37.3 Å². The van der Waals surface area contributed by atoms with Gasteiger partial charge in [-0.3, -0.25) is 25.4 Å². The molecule has 11 nitrogen and oxygen atoms in total. The number of hydrogen-bond acceptors (Lipinski definition) is 11. The first-order valence-corrected chi connectivity index (χ1v) is 15.1. The Hall–Kier alpha value is -1.25. The van der Waals surface area contributed by atoms with Gasteiger partial charge in [0.2, 0.25) is 0 Å². The Kier molecular flexibility index (Phi) is 11.5. The Morgan fingerprint density at radius 2 is 0.974 bits per heavy atom. The van der Waals surface area contributed by atoms with Gasteiger partial charge < -0.3 is 31.9 Å². The Balaban J connectivity index is 1.27. The fourth-order valence-corrected chi connectivity index (χ4v) is 6.19. The van der Waals surface area contributed by atoms with Crippen LogP contribution < -0.4 is 42.5 Å². The third kappa shape index (κ3) is 7.91. The van der Waals surface area contributed by atoms with Gasteiger partial charge in [0.15, 0.2) is 0 Å². The maximum atomic E-state index is 5.30. The highest BCUT2D eigenvalue weighted by Crippen LogP contribution is 2.28. The van der Waals surface area contributed by atoms with Gasteiger partial charge in [0.25, 0.3) is 0 Å². The van der Waals surface area contributed by atoms with E-state index in [1.807, 2.05) is 0 Å². The molecule has 4 atom stereocenters. The third-order valence-electron chi connectivity index (χ3n) is 8.27. The SMILES string of the molecule is c1cc([C@@H]2NC[C@@H]3CNCCNCCCNCCN32)nc([C@@H]2NC[C@@H]3CNCCNCCCNCCN32)c1. The molecule has 1 aromatic rings. The van der Waals surface area contributed by atoms with E-state index in [4.69, 9.17) is 4.98 Å². The summed E-state index contributed by atoms with van der Waals surface area (Å²) in [6.45, 7) is 16.4. The zero-order chi connectivity index (χ0) is 25.8. The summed E-state index contributed by atoms with van der Waals surface area (Å²) in [6, 6.07) is 7.55. The van der Waals surface area contributed by atoms with E-state index in [9.17, 15) is 0 Å². The fraction of sp³-hybridized carbons (Fsp3) is 0.815. The number of pyridine rings is 1. The van der Waals surface area contributed by atoms with Crippen LogP contribution in [0.3, 0.4) is 0 Å². The monoisotopic (exact) mass is 529 g/mol. The van der Waals surface area contributed by atoms with Crippen molar-refractivity contribution in [3.8, 4) is 0 Å². The molecule has 0 aromatic carbocycles. The van der Waals surface area contributed by atoms with Crippen LogP contribution in [0, 0.1) is 0 Å². The average molecular weight is 530 g/mol. The molecule has 8 N–H and O–H groups in total. The van der Waals surface area contributed by atoms with Crippen LogP contribution >= 0.6 is 0 Å². The van der Waals surface area contributed by atoms with E-state index in [2.05, 4.69) is 70.5 Å². The van der Waals surface area contributed by atoms with Crippen molar-refractivity contribution in [3.05, 3.63) is 29.6 Å².